The lowest BCUT2D eigenvalue weighted by Gasteiger charge is -2.17. The van der Waals surface area contributed by atoms with E-state index < -0.39 is 0 Å². The van der Waals surface area contributed by atoms with Gasteiger partial charge in [0.25, 0.3) is 0 Å². The molecule has 0 radical (unpaired) electrons. The van der Waals surface area contributed by atoms with Crippen molar-refractivity contribution in [2.75, 3.05) is 6.54 Å². The Morgan fingerprint density at radius 3 is 2.65 bits per heavy atom. The van der Waals surface area contributed by atoms with E-state index in [2.05, 4.69) is 36.4 Å². The van der Waals surface area contributed by atoms with Gasteiger partial charge in [-0.15, -0.1) is 5.10 Å². The van der Waals surface area contributed by atoms with E-state index in [0.717, 1.165) is 24.7 Å². The number of rotatable bonds is 4. The van der Waals surface area contributed by atoms with Crippen LogP contribution in [-0.2, 0) is 12.1 Å². The van der Waals surface area contributed by atoms with Gasteiger partial charge >= 0.3 is 0 Å². The quantitative estimate of drug-likeness (QED) is 0.872. The second kappa shape index (κ2) is 5.17. The molecule has 2 rings (SSSR count). The molecule has 0 unspecified atom stereocenters. The molecule has 0 aliphatic heterocycles. The Morgan fingerprint density at radius 1 is 1.35 bits per heavy atom. The van der Waals surface area contributed by atoms with Crippen LogP contribution in [-0.4, -0.2) is 21.5 Å². The number of nitrogens with one attached hydrogen (secondary N) is 1. The molecule has 1 N–H and O–H groups in total. The highest BCUT2D eigenvalue weighted by molar-refractivity contribution is 4.94. The average Bonchev–Trinajstić information content (AvgIpc) is 2.86. The first-order valence-corrected chi connectivity index (χ1v) is 6.68. The summed E-state index contributed by atoms with van der Waals surface area (Å²) in [6.45, 7) is 8.38. The van der Waals surface area contributed by atoms with Gasteiger partial charge in [-0.1, -0.05) is 18.1 Å². The lowest BCUT2D eigenvalue weighted by atomic mass is 10.1. The molecule has 1 saturated carbocycles. The Balaban J connectivity index is 1.77. The van der Waals surface area contributed by atoms with E-state index in [1.165, 1.54) is 25.7 Å². The number of hydrogen-bond acceptors (Lipinski definition) is 3. The summed E-state index contributed by atoms with van der Waals surface area (Å²) in [6.07, 6.45) is 7.64. The van der Waals surface area contributed by atoms with Crippen molar-refractivity contribution < 1.29 is 0 Å². The van der Waals surface area contributed by atoms with Crippen LogP contribution in [0.15, 0.2) is 6.20 Å². The zero-order valence-corrected chi connectivity index (χ0v) is 11.2. The topological polar surface area (TPSA) is 42.7 Å². The standard InChI is InChI=1S/C13H24N4/c1-13(2,3)17-10-12(15-16-17)9-14-8-11-6-4-5-7-11/h10-11,14H,4-9H2,1-3H3. The van der Waals surface area contributed by atoms with Crippen molar-refractivity contribution in [1.82, 2.24) is 20.3 Å². The van der Waals surface area contributed by atoms with Crippen LogP contribution in [0.4, 0.5) is 0 Å². The van der Waals surface area contributed by atoms with Crippen LogP contribution < -0.4 is 5.32 Å². The van der Waals surface area contributed by atoms with Gasteiger partial charge in [-0.05, 0) is 46.1 Å². The fourth-order valence-electron chi connectivity index (χ4n) is 2.33. The third kappa shape index (κ3) is 3.53. The lowest BCUT2D eigenvalue weighted by Crippen LogP contribution is -2.22. The molecule has 1 aliphatic rings. The molecule has 0 aromatic carbocycles. The maximum absolute atomic E-state index is 4.20. The molecule has 4 nitrogen and oxygen atoms in total. The van der Waals surface area contributed by atoms with Crippen LogP contribution in [0.3, 0.4) is 0 Å². The Morgan fingerprint density at radius 2 is 2.06 bits per heavy atom. The van der Waals surface area contributed by atoms with Gasteiger partial charge in [-0.25, -0.2) is 4.68 Å². The SMILES string of the molecule is CC(C)(C)n1cc(CNCC2CCCC2)nn1. The van der Waals surface area contributed by atoms with Crippen molar-refractivity contribution in [3.8, 4) is 0 Å². The largest absolute Gasteiger partial charge is 0.311 e. The van der Waals surface area contributed by atoms with Crippen LogP contribution in [0.5, 0.6) is 0 Å². The summed E-state index contributed by atoms with van der Waals surface area (Å²) in [5.74, 6) is 0.882. The van der Waals surface area contributed by atoms with E-state index in [1.54, 1.807) is 0 Å². The molecule has 1 aromatic rings. The molecule has 0 spiro atoms. The number of nitrogens with zero attached hydrogens (tertiary/aromatic N) is 3. The normalized spacial score (nSPS) is 17.8. The Labute approximate surface area is 104 Å². The molecule has 0 amide bonds. The van der Waals surface area contributed by atoms with Crippen molar-refractivity contribution in [2.24, 2.45) is 5.92 Å². The van der Waals surface area contributed by atoms with Gasteiger partial charge in [0.05, 0.1) is 17.4 Å². The third-order valence-electron chi connectivity index (χ3n) is 3.44. The van der Waals surface area contributed by atoms with E-state index in [4.69, 9.17) is 0 Å². The minimum absolute atomic E-state index is 0.0245. The van der Waals surface area contributed by atoms with Crippen LogP contribution in [0.25, 0.3) is 0 Å². The fraction of sp³-hybridized carbons (Fsp3) is 0.846. The summed E-state index contributed by atoms with van der Waals surface area (Å²) in [7, 11) is 0. The number of hydrogen-bond donors (Lipinski definition) is 1. The average molecular weight is 236 g/mol. The van der Waals surface area contributed by atoms with E-state index in [9.17, 15) is 0 Å². The Kier molecular flexibility index (Phi) is 3.82. The second-order valence-corrected chi connectivity index (χ2v) is 6.11. The molecule has 4 heteroatoms. The first-order chi connectivity index (χ1) is 8.05. The molecular weight excluding hydrogens is 212 g/mol. The molecule has 1 heterocycles. The van der Waals surface area contributed by atoms with Crippen LogP contribution >= 0.6 is 0 Å². The van der Waals surface area contributed by atoms with Gasteiger partial charge in [0, 0.05) is 6.54 Å². The summed E-state index contributed by atoms with van der Waals surface area (Å²) in [5.41, 5.74) is 1.06. The van der Waals surface area contributed by atoms with E-state index in [0.29, 0.717) is 0 Å². The van der Waals surface area contributed by atoms with Crippen LogP contribution in [0.1, 0.15) is 52.1 Å². The van der Waals surface area contributed by atoms with Gasteiger partial charge in [0.2, 0.25) is 0 Å². The van der Waals surface area contributed by atoms with Crippen LogP contribution in [0.2, 0.25) is 0 Å². The first kappa shape index (κ1) is 12.6. The highest BCUT2D eigenvalue weighted by Crippen LogP contribution is 2.23. The highest BCUT2D eigenvalue weighted by Gasteiger charge is 2.16. The Hall–Kier alpha value is -0.900. The molecule has 0 bridgehead atoms. The van der Waals surface area contributed by atoms with Gasteiger partial charge in [0.1, 0.15) is 0 Å². The van der Waals surface area contributed by atoms with Crippen molar-refractivity contribution in [3.05, 3.63) is 11.9 Å². The van der Waals surface area contributed by atoms with Crippen molar-refractivity contribution in [1.29, 1.82) is 0 Å². The zero-order chi connectivity index (χ0) is 12.3. The summed E-state index contributed by atoms with van der Waals surface area (Å²) in [4.78, 5) is 0. The summed E-state index contributed by atoms with van der Waals surface area (Å²) in [6, 6.07) is 0. The van der Waals surface area contributed by atoms with Crippen molar-refractivity contribution >= 4 is 0 Å². The molecular formula is C13H24N4. The van der Waals surface area contributed by atoms with Gasteiger partial charge in [0.15, 0.2) is 0 Å². The zero-order valence-electron chi connectivity index (χ0n) is 11.2. The summed E-state index contributed by atoms with van der Waals surface area (Å²) in [5, 5.41) is 11.9. The van der Waals surface area contributed by atoms with Crippen LogP contribution in [0, 0.1) is 5.92 Å². The smallest absolute Gasteiger partial charge is 0.0965 e. The van der Waals surface area contributed by atoms with Gasteiger partial charge < -0.3 is 5.32 Å². The summed E-state index contributed by atoms with van der Waals surface area (Å²) >= 11 is 0. The maximum Gasteiger partial charge on any atom is 0.0965 e. The van der Waals surface area contributed by atoms with E-state index in [1.807, 2.05) is 10.9 Å². The lowest BCUT2D eigenvalue weighted by molar-refractivity contribution is 0.347. The van der Waals surface area contributed by atoms with Crippen molar-refractivity contribution in [2.45, 2.75) is 58.5 Å². The van der Waals surface area contributed by atoms with E-state index in [-0.39, 0.29) is 5.54 Å². The molecule has 1 aliphatic carbocycles. The van der Waals surface area contributed by atoms with E-state index >= 15 is 0 Å². The predicted octanol–water partition coefficient (Wildman–Crippen LogP) is 2.31. The minimum Gasteiger partial charge on any atom is -0.311 e. The molecule has 0 saturated heterocycles. The fourth-order valence-corrected chi connectivity index (χ4v) is 2.33. The molecule has 0 atom stereocenters. The minimum atomic E-state index is 0.0245. The third-order valence-corrected chi connectivity index (χ3v) is 3.44. The molecule has 17 heavy (non-hydrogen) atoms. The Bertz CT molecular complexity index is 345. The first-order valence-electron chi connectivity index (χ1n) is 6.68. The van der Waals surface area contributed by atoms with Crippen molar-refractivity contribution in [3.63, 3.8) is 0 Å². The predicted molar refractivity (Wildman–Crippen MR) is 68.7 cm³/mol. The van der Waals surface area contributed by atoms with Gasteiger partial charge in [-0.3, -0.25) is 0 Å². The summed E-state index contributed by atoms with van der Waals surface area (Å²) < 4.78 is 1.93. The monoisotopic (exact) mass is 236 g/mol. The second-order valence-electron chi connectivity index (χ2n) is 6.11. The molecule has 96 valence electrons. The molecule has 1 fully saturated rings. The number of aromatic nitrogens is 3. The molecule has 1 aromatic heterocycles. The van der Waals surface area contributed by atoms with Gasteiger partial charge in [-0.2, -0.15) is 0 Å². The maximum atomic E-state index is 4.20. The highest BCUT2D eigenvalue weighted by atomic mass is 15.4.